The number of hydrogen-bond donors (Lipinski definition) is 3. The van der Waals surface area contributed by atoms with Crippen LogP contribution in [0.1, 0.15) is 13.8 Å². The number of nitrogens with one attached hydrogen (secondary N) is 1. The first-order valence-electron chi connectivity index (χ1n) is 3.60. The van der Waals surface area contributed by atoms with Crippen LogP contribution in [-0.2, 0) is 21.1 Å². The maximum Gasteiger partial charge on any atom is 0 e. The summed E-state index contributed by atoms with van der Waals surface area (Å²) in [6.07, 6.45) is -0.588. The van der Waals surface area contributed by atoms with Crippen LogP contribution in [0.2, 0.25) is 0 Å². The predicted molar refractivity (Wildman–Crippen MR) is 44.6 cm³/mol. The summed E-state index contributed by atoms with van der Waals surface area (Å²) in [5.41, 5.74) is 4.86. The average molecular weight is 331 g/mol. The third-order valence-corrected chi connectivity index (χ3v) is 0.772. The van der Waals surface area contributed by atoms with Crippen molar-refractivity contribution >= 4 is 0 Å². The van der Waals surface area contributed by atoms with E-state index in [0.717, 1.165) is 13.1 Å². The van der Waals surface area contributed by atoms with Crippen LogP contribution in [0.5, 0.6) is 0 Å². The molecule has 70 valence electrons. The fourth-order valence-corrected chi connectivity index (χ4v) is 0.250. The van der Waals surface area contributed by atoms with Gasteiger partial charge in [0.1, 0.15) is 0 Å². The van der Waals surface area contributed by atoms with Gasteiger partial charge in [-0.25, -0.2) is 0 Å². The molecule has 3 nitrogen and oxygen atoms in total. The Bertz CT molecular complexity index is 51.7. The predicted octanol–water partition coefficient (Wildman–Crippen LogP) is -0.247. The van der Waals surface area contributed by atoms with Crippen molar-refractivity contribution < 1.29 is 26.2 Å². The number of nitrogens with two attached hydrogens (primary N) is 1. The Hall–Kier alpha value is 0.568. The van der Waals surface area contributed by atoms with Crippen molar-refractivity contribution in [2.45, 2.75) is 20.0 Å². The van der Waals surface area contributed by atoms with Gasteiger partial charge in [-0.1, -0.05) is 20.0 Å². The van der Waals surface area contributed by atoms with Gasteiger partial charge in [-0.05, 0) is 19.6 Å². The Morgan fingerprint density at radius 3 is 1.73 bits per heavy atom. The van der Waals surface area contributed by atoms with E-state index in [1.807, 2.05) is 0 Å². The zero-order valence-corrected chi connectivity index (χ0v) is 10.3. The molecule has 0 aromatic carbocycles. The van der Waals surface area contributed by atoms with E-state index in [9.17, 15) is 0 Å². The smallest absolute Gasteiger partial charge is 0 e. The van der Waals surface area contributed by atoms with E-state index in [1.54, 1.807) is 0 Å². The molecule has 1 unspecified atom stereocenters. The Morgan fingerprint density at radius 2 is 1.73 bits per heavy atom. The van der Waals surface area contributed by atoms with E-state index in [0.29, 0.717) is 0 Å². The van der Waals surface area contributed by atoms with Gasteiger partial charge in [0.2, 0.25) is 0 Å². The van der Waals surface area contributed by atoms with Crippen molar-refractivity contribution in [3.8, 4) is 0 Å². The first kappa shape index (κ1) is 17.6. The number of rotatable bonds is 3. The summed E-state index contributed by atoms with van der Waals surface area (Å²) in [6.45, 7) is 9.83. The molecule has 0 radical (unpaired) electrons. The van der Waals surface area contributed by atoms with E-state index in [2.05, 4.69) is 26.1 Å². The number of aliphatic hydroxyl groups is 1. The van der Waals surface area contributed by atoms with Crippen LogP contribution in [0.4, 0.5) is 0 Å². The van der Waals surface area contributed by atoms with E-state index in [1.165, 1.54) is 0 Å². The van der Waals surface area contributed by atoms with Gasteiger partial charge in [-0.2, -0.15) is 0 Å². The molecule has 0 heterocycles. The van der Waals surface area contributed by atoms with Crippen molar-refractivity contribution in [1.82, 2.24) is 5.32 Å². The summed E-state index contributed by atoms with van der Waals surface area (Å²) in [4.78, 5) is 0. The standard InChI is InChI=1S/C4H11N.C3H8NO.W/c1-3-5-4-2;1-3(5)2-4;/h5H,3-4H2,1-2H3;3,5H,1-2,4H2;/q;-1;. The summed E-state index contributed by atoms with van der Waals surface area (Å²) in [5, 5.41) is 11.2. The van der Waals surface area contributed by atoms with Crippen LogP contribution in [0, 0.1) is 6.92 Å². The van der Waals surface area contributed by atoms with E-state index in [4.69, 9.17) is 10.8 Å². The maximum absolute atomic E-state index is 8.12. The quantitative estimate of drug-likeness (QED) is 0.626. The fourth-order valence-electron chi connectivity index (χ4n) is 0.250. The van der Waals surface area contributed by atoms with Gasteiger partial charge in [0, 0.05) is 21.1 Å². The van der Waals surface area contributed by atoms with Crippen molar-refractivity contribution in [3.05, 3.63) is 6.92 Å². The van der Waals surface area contributed by atoms with Crippen molar-refractivity contribution in [2.75, 3.05) is 19.6 Å². The zero-order valence-electron chi connectivity index (χ0n) is 7.34. The Kier molecular flexibility index (Phi) is 27.0. The van der Waals surface area contributed by atoms with E-state index in [-0.39, 0.29) is 27.6 Å². The molecule has 0 saturated heterocycles. The second-order valence-corrected chi connectivity index (χ2v) is 1.85. The molecule has 0 aromatic rings. The summed E-state index contributed by atoms with van der Waals surface area (Å²) < 4.78 is 0. The average Bonchev–Trinajstić information content (AvgIpc) is 1.91. The van der Waals surface area contributed by atoms with Crippen LogP contribution < -0.4 is 11.1 Å². The number of hydrogen-bond acceptors (Lipinski definition) is 3. The number of aliphatic hydroxyl groups excluding tert-OH is 1. The molecule has 11 heavy (non-hydrogen) atoms. The normalized spacial score (nSPS) is 10.6. The van der Waals surface area contributed by atoms with E-state index >= 15 is 0 Å². The first-order chi connectivity index (χ1) is 4.68. The second-order valence-electron chi connectivity index (χ2n) is 1.85. The molecule has 4 N–H and O–H groups in total. The minimum absolute atomic E-state index is 0. The van der Waals surface area contributed by atoms with Gasteiger partial charge < -0.3 is 23.1 Å². The monoisotopic (exact) mass is 331 g/mol. The molecule has 0 fully saturated rings. The van der Waals surface area contributed by atoms with Gasteiger partial charge in [0.05, 0.1) is 0 Å². The fraction of sp³-hybridized carbons (Fsp3) is 0.857. The minimum atomic E-state index is -0.588. The molecule has 1 atom stereocenters. The molecule has 0 saturated carbocycles. The topological polar surface area (TPSA) is 58.3 Å². The second kappa shape index (κ2) is 16.9. The van der Waals surface area contributed by atoms with Crippen LogP contribution >= 0.6 is 0 Å². The molecule has 4 heteroatoms. The molecular weight excluding hydrogens is 312 g/mol. The van der Waals surface area contributed by atoms with Gasteiger partial charge in [0.15, 0.2) is 0 Å². The minimum Gasteiger partial charge on any atom is -0.424 e. The van der Waals surface area contributed by atoms with E-state index < -0.39 is 6.10 Å². The molecular formula is C7H19N2OW-. The molecule has 0 rings (SSSR count). The molecule has 0 aliphatic rings. The third kappa shape index (κ3) is 37.2. The molecule has 0 aromatic heterocycles. The molecule has 0 amide bonds. The zero-order chi connectivity index (χ0) is 8.41. The van der Waals surface area contributed by atoms with Gasteiger partial charge in [-0.15, -0.1) is 0 Å². The molecule has 0 aliphatic carbocycles. The van der Waals surface area contributed by atoms with Crippen molar-refractivity contribution in [3.63, 3.8) is 0 Å². The van der Waals surface area contributed by atoms with Gasteiger partial charge in [-0.3, -0.25) is 0 Å². The Balaban J connectivity index is -0.000000107. The molecule has 0 spiro atoms. The third-order valence-electron chi connectivity index (χ3n) is 0.772. The van der Waals surface area contributed by atoms with Crippen LogP contribution in [-0.4, -0.2) is 30.8 Å². The summed E-state index contributed by atoms with van der Waals surface area (Å²) in [7, 11) is 0. The van der Waals surface area contributed by atoms with Crippen molar-refractivity contribution in [1.29, 1.82) is 0 Å². The summed E-state index contributed by atoms with van der Waals surface area (Å²) in [5.74, 6) is 0. The van der Waals surface area contributed by atoms with Gasteiger partial charge >= 0.3 is 0 Å². The van der Waals surface area contributed by atoms with Crippen molar-refractivity contribution in [2.24, 2.45) is 5.73 Å². The van der Waals surface area contributed by atoms with Gasteiger partial charge in [0.25, 0.3) is 0 Å². The Labute approximate surface area is 84.0 Å². The van der Waals surface area contributed by atoms with Crippen LogP contribution in [0.15, 0.2) is 0 Å². The molecule has 0 aliphatic heterocycles. The Morgan fingerprint density at radius 1 is 1.45 bits per heavy atom. The summed E-state index contributed by atoms with van der Waals surface area (Å²) >= 11 is 0. The summed E-state index contributed by atoms with van der Waals surface area (Å²) in [6, 6.07) is 0. The van der Waals surface area contributed by atoms with Crippen LogP contribution in [0.3, 0.4) is 0 Å². The largest absolute Gasteiger partial charge is 0.424 e. The SMILES string of the molecule is CCNCC.[CH2-]C(O)CN.[W]. The first-order valence-corrected chi connectivity index (χ1v) is 3.60. The maximum atomic E-state index is 8.12. The van der Waals surface area contributed by atoms with Crippen LogP contribution in [0.25, 0.3) is 0 Å². The molecule has 0 bridgehead atoms.